The summed E-state index contributed by atoms with van der Waals surface area (Å²) in [5, 5.41) is 3.76. The fourth-order valence-electron chi connectivity index (χ4n) is 1.36. The smallest absolute Gasteiger partial charge is 0.167 e. The molecule has 3 nitrogen and oxygen atoms in total. The van der Waals surface area contributed by atoms with E-state index >= 15 is 0 Å². The van der Waals surface area contributed by atoms with Crippen LogP contribution in [0.15, 0.2) is 28.8 Å². The van der Waals surface area contributed by atoms with Crippen LogP contribution in [0, 0.1) is 11.6 Å². The van der Waals surface area contributed by atoms with Crippen molar-refractivity contribution >= 4 is 0 Å². The number of benzene rings is 1. The van der Waals surface area contributed by atoms with E-state index in [0.717, 1.165) is 12.1 Å². The molecule has 2 N–H and O–H groups in total. The number of hydrogen-bond donors (Lipinski definition) is 1. The number of hydrogen-bond acceptors (Lipinski definition) is 3. The Hall–Kier alpha value is -1.75. The zero-order valence-electron chi connectivity index (χ0n) is 8.41. The van der Waals surface area contributed by atoms with E-state index in [9.17, 15) is 8.78 Å². The van der Waals surface area contributed by atoms with E-state index in [4.69, 9.17) is 10.3 Å². The van der Waals surface area contributed by atoms with Gasteiger partial charge < -0.3 is 10.3 Å². The van der Waals surface area contributed by atoms with E-state index in [1.165, 1.54) is 6.07 Å². The molecule has 0 spiro atoms. The Bertz CT molecular complexity index is 496. The second-order valence-corrected chi connectivity index (χ2v) is 3.35. The molecular weight excluding hydrogens is 214 g/mol. The number of rotatable bonds is 3. The summed E-state index contributed by atoms with van der Waals surface area (Å²) in [5.41, 5.74) is 6.51. The minimum atomic E-state index is -0.908. The lowest BCUT2D eigenvalue weighted by atomic mass is 10.1. The lowest BCUT2D eigenvalue weighted by Gasteiger charge is -1.96. The van der Waals surface area contributed by atoms with Gasteiger partial charge in [0.05, 0.1) is 5.69 Å². The van der Waals surface area contributed by atoms with Crippen LogP contribution in [-0.2, 0) is 6.42 Å². The first-order chi connectivity index (χ1) is 7.70. The van der Waals surface area contributed by atoms with Crippen LogP contribution in [0.3, 0.4) is 0 Å². The predicted octanol–water partition coefficient (Wildman–Crippen LogP) is 2.12. The molecule has 0 aliphatic rings. The van der Waals surface area contributed by atoms with Gasteiger partial charge in [0, 0.05) is 18.1 Å². The predicted molar refractivity (Wildman–Crippen MR) is 54.6 cm³/mol. The van der Waals surface area contributed by atoms with E-state index in [-0.39, 0.29) is 0 Å². The summed E-state index contributed by atoms with van der Waals surface area (Å²) in [6, 6.07) is 5.22. The van der Waals surface area contributed by atoms with Crippen LogP contribution in [0.4, 0.5) is 8.78 Å². The molecule has 0 radical (unpaired) electrons. The lowest BCUT2D eigenvalue weighted by molar-refractivity contribution is 0.423. The maximum Gasteiger partial charge on any atom is 0.167 e. The van der Waals surface area contributed by atoms with E-state index in [0.29, 0.717) is 30.0 Å². The summed E-state index contributed by atoms with van der Waals surface area (Å²) in [7, 11) is 0. The number of aromatic nitrogens is 1. The molecule has 1 aromatic heterocycles. The highest BCUT2D eigenvalue weighted by Gasteiger charge is 2.09. The molecule has 84 valence electrons. The summed E-state index contributed by atoms with van der Waals surface area (Å²) in [6.07, 6.45) is 0.590. The molecule has 0 saturated heterocycles. The van der Waals surface area contributed by atoms with Crippen molar-refractivity contribution in [2.75, 3.05) is 6.54 Å². The van der Waals surface area contributed by atoms with E-state index in [1.807, 2.05) is 0 Å². The lowest BCUT2D eigenvalue weighted by Crippen LogP contribution is -2.02. The molecule has 0 aliphatic heterocycles. The highest BCUT2D eigenvalue weighted by Crippen LogP contribution is 2.22. The molecule has 5 heteroatoms. The molecular formula is C11H10F2N2O. The summed E-state index contributed by atoms with van der Waals surface area (Å²) in [4.78, 5) is 0. The first-order valence-corrected chi connectivity index (χ1v) is 4.82. The van der Waals surface area contributed by atoms with E-state index in [2.05, 4.69) is 5.16 Å². The van der Waals surface area contributed by atoms with Crippen LogP contribution < -0.4 is 5.73 Å². The van der Waals surface area contributed by atoms with Crippen LogP contribution in [0.5, 0.6) is 0 Å². The Kier molecular flexibility index (Phi) is 2.96. The summed E-state index contributed by atoms with van der Waals surface area (Å²) in [6.45, 7) is 0.462. The van der Waals surface area contributed by atoms with Crippen molar-refractivity contribution in [1.29, 1.82) is 0 Å². The van der Waals surface area contributed by atoms with Crippen molar-refractivity contribution in [3.63, 3.8) is 0 Å². The van der Waals surface area contributed by atoms with E-state index in [1.54, 1.807) is 6.07 Å². The van der Waals surface area contributed by atoms with E-state index < -0.39 is 11.6 Å². The van der Waals surface area contributed by atoms with Crippen LogP contribution >= 0.6 is 0 Å². The molecule has 2 rings (SSSR count). The third kappa shape index (κ3) is 2.09. The normalized spacial score (nSPS) is 10.7. The standard InChI is InChI=1S/C11H10F2N2O/c12-9-2-1-7(5-10(9)13)11-6-8(3-4-14)15-16-11/h1-2,5-6H,3-4,14H2. The van der Waals surface area contributed by atoms with Crippen molar-refractivity contribution in [2.24, 2.45) is 5.73 Å². The highest BCUT2D eigenvalue weighted by atomic mass is 19.2. The van der Waals surface area contributed by atoms with Gasteiger partial charge in [-0.25, -0.2) is 8.78 Å². The van der Waals surface area contributed by atoms with Gasteiger partial charge in [0.1, 0.15) is 0 Å². The molecule has 0 unspecified atom stereocenters. The molecule has 16 heavy (non-hydrogen) atoms. The van der Waals surface area contributed by atoms with Gasteiger partial charge in [0.15, 0.2) is 17.4 Å². The van der Waals surface area contributed by atoms with Crippen molar-refractivity contribution in [3.05, 3.63) is 41.6 Å². The molecule has 0 fully saturated rings. The van der Waals surface area contributed by atoms with Crippen LogP contribution in [0.25, 0.3) is 11.3 Å². The molecule has 2 aromatic rings. The second kappa shape index (κ2) is 4.40. The molecule has 0 amide bonds. The Balaban J connectivity index is 2.31. The number of halogens is 2. The highest BCUT2D eigenvalue weighted by molar-refractivity contribution is 5.57. The fraction of sp³-hybridized carbons (Fsp3) is 0.182. The summed E-state index contributed by atoms with van der Waals surface area (Å²) in [5.74, 6) is -1.39. The minimum Gasteiger partial charge on any atom is -0.356 e. The minimum absolute atomic E-state index is 0.405. The Labute approximate surface area is 90.9 Å². The summed E-state index contributed by atoms with van der Waals surface area (Å²) < 4.78 is 30.7. The van der Waals surface area contributed by atoms with Gasteiger partial charge >= 0.3 is 0 Å². The zero-order chi connectivity index (χ0) is 11.5. The number of nitrogens with zero attached hydrogens (tertiary/aromatic N) is 1. The Morgan fingerprint density at radius 1 is 1.19 bits per heavy atom. The quantitative estimate of drug-likeness (QED) is 0.868. The van der Waals surface area contributed by atoms with Gasteiger partial charge in [-0.3, -0.25) is 0 Å². The van der Waals surface area contributed by atoms with Crippen LogP contribution in [0.2, 0.25) is 0 Å². The van der Waals surface area contributed by atoms with Gasteiger partial charge in [0.2, 0.25) is 0 Å². The molecule has 1 heterocycles. The van der Waals surface area contributed by atoms with Gasteiger partial charge in [-0.15, -0.1) is 0 Å². The average Bonchev–Trinajstić information content (AvgIpc) is 2.71. The fourth-order valence-corrected chi connectivity index (χ4v) is 1.36. The maximum atomic E-state index is 13.0. The maximum absolute atomic E-state index is 13.0. The van der Waals surface area contributed by atoms with Crippen LogP contribution in [-0.4, -0.2) is 11.7 Å². The number of nitrogens with two attached hydrogens (primary N) is 1. The van der Waals surface area contributed by atoms with Gasteiger partial charge in [0.25, 0.3) is 0 Å². The molecule has 0 aliphatic carbocycles. The Morgan fingerprint density at radius 2 is 2.00 bits per heavy atom. The Morgan fingerprint density at radius 3 is 2.69 bits per heavy atom. The van der Waals surface area contributed by atoms with Gasteiger partial charge in [-0.1, -0.05) is 5.16 Å². The van der Waals surface area contributed by atoms with Crippen molar-refractivity contribution in [1.82, 2.24) is 5.16 Å². The van der Waals surface area contributed by atoms with Crippen LogP contribution in [0.1, 0.15) is 5.69 Å². The van der Waals surface area contributed by atoms with Crippen molar-refractivity contribution < 1.29 is 13.3 Å². The topological polar surface area (TPSA) is 52.0 Å². The molecule has 0 atom stereocenters. The molecule has 1 aromatic carbocycles. The zero-order valence-corrected chi connectivity index (χ0v) is 8.41. The molecule has 0 saturated carbocycles. The average molecular weight is 224 g/mol. The second-order valence-electron chi connectivity index (χ2n) is 3.35. The third-order valence-corrected chi connectivity index (χ3v) is 2.16. The SMILES string of the molecule is NCCc1cc(-c2ccc(F)c(F)c2)on1. The van der Waals surface area contributed by atoms with Gasteiger partial charge in [-0.05, 0) is 24.7 Å². The van der Waals surface area contributed by atoms with Gasteiger partial charge in [-0.2, -0.15) is 0 Å². The first kappa shape index (κ1) is 10.8. The third-order valence-electron chi connectivity index (χ3n) is 2.16. The van der Waals surface area contributed by atoms with Crippen molar-refractivity contribution in [3.8, 4) is 11.3 Å². The summed E-state index contributed by atoms with van der Waals surface area (Å²) >= 11 is 0. The molecule has 0 bridgehead atoms. The largest absolute Gasteiger partial charge is 0.356 e. The van der Waals surface area contributed by atoms with Crippen molar-refractivity contribution in [2.45, 2.75) is 6.42 Å². The first-order valence-electron chi connectivity index (χ1n) is 4.82. The monoisotopic (exact) mass is 224 g/mol.